The molecule has 1 unspecified atom stereocenters. The van der Waals surface area contributed by atoms with Gasteiger partial charge in [0.05, 0.1) is 9.79 Å². The molecular formula is C16H26ClN3O4S2. The van der Waals surface area contributed by atoms with Crippen molar-refractivity contribution in [2.24, 2.45) is 0 Å². The predicted octanol–water partition coefficient (Wildman–Crippen LogP) is 1.23. The highest BCUT2D eigenvalue weighted by Crippen LogP contribution is 2.26. The minimum atomic E-state index is -3.75. The van der Waals surface area contributed by atoms with E-state index in [1.807, 2.05) is 0 Å². The van der Waals surface area contributed by atoms with Gasteiger partial charge in [0, 0.05) is 25.7 Å². The smallest absolute Gasteiger partial charge is 0.243 e. The number of hydrogen-bond donors (Lipinski definition) is 2. The summed E-state index contributed by atoms with van der Waals surface area (Å²) in [5.41, 5.74) is 0.562. The van der Waals surface area contributed by atoms with E-state index in [4.69, 9.17) is 0 Å². The molecule has 2 N–H and O–H groups in total. The van der Waals surface area contributed by atoms with Crippen molar-refractivity contribution in [1.82, 2.24) is 14.3 Å². The van der Waals surface area contributed by atoms with Gasteiger partial charge in [-0.3, -0.25) is 0 Å². The molecule has 2 heterocycles. The fourth-order valence-corrected chi connectivity index (χ4v) is 6.45. The molecule has 3 rings (SSSR count). The van der Waals surface area contributed by atoms with Crippen LogP contribution in [-0.2, 0) is 20.0 Å². The first kappa shape index (κ1) is 21.6. The van der Waals surface area contributed by atoms with E-state index in [2.05, 4.69) is 10.0 Å². The van der Waals surface area contributed by atoms with Crippen molar-refractivity contribution in [2.75, 3.05) is 26.2 Å². The van der Waals surface area contributed by atoms with Crippen LogP contribution in [0.3, 0.4) is 0 Å². The number of rotatable bonds is 5. The van der Waals surface area contributed by atoms with Crippen LogP contribution in [0.5, 0.6) is 0 Å². The Bertz CT molecular complexity index is 831. The fourth-order valence-electron chi connectivity index (χ4n) is 3.31. The lowest BCUT2D eigenvalue weighted by atomic mass is 10.2. The first-order chi connectivity index (χ1) is 11.8. The fraction of sp³-hybridized carbons (Fsp3) is 0.625. The first-order valence-electron chi connectivity index (χ1n) is 8.64. The SMILES string of the molecule is Cc1ccc(S(=O)(=O)NC2CCNC2)cc1S(=O)(=O)N1CCCCC1.Cl. The standard InChI is InChI=1S/C16H25N3O4S2.ClH/c1-13-5-6-15(24(20,21)18-14-7-8-17-12-14)11-16(13)25(22,23)19-9-3-2-4-10-19;/h5-6,11,14,17-18H,2-4,7-10,12H2,1H3;1H. The van der Waals surface area contributed by atoms with Crippen LogP contribution >= 0.6 is 12.4 Å². The highest BCUT2D eigenvalue weighted by molar-refractivity contribution is 7.90. The van der Waals surface area contributed by atoms with Crippen molar-refractivity contribution in [2.45, 2.75) is 48.4 Å². The third-order valence-corrected chi connectivity index (χ3v) is 8.34. The molecule has 148 valence electrons. The number of nitrogens with zero attached hydrogens (tertiary/aromatic N) is 1. The molecule has 2 aliphatic rings. The van der Waals surface area contributed by atoms with Gasteiger partial charge in [0.1, 0.15) is 0 Å². The summed E-state index contributed by atoms with van der Waals surface area (Å²) in [7, 11) is -7.42. The first-order valence-corrected chi connectivity index (χ1v) is 11.6. The van der Waals surface area contributed by atoms with Crippen molar-refractivity contribution in [3.63, 3.8) is 0 Å². The van der Waals surface area contributed by atoms with Crippen LogP contribution in [0.1, 0.15) is 31.2 Å². The van der Waals surface area contributed by atoms with Gasteiger partial charge >= 0.3 is 0 Å². The maximum atomic E-state index is 12.9. The minimum Gasteiger partial charge on any atom is -0.315 e. The van der Waals surface area contributed by atoms with E-state index in [-0.39, 0.29) is 28.2 Å². The van der Waals surface area contributed by atoms with Crippen LogP contribution in [0.2, 0.25) is 0 Å². The van der Waals surface area contributed by atoms with Gasteiger partial charge in [0.25, 0.3) is 0 Å². The van der Waals surface area contributed by atoms with E-state index in [9.17, 15) is 16.8 Å². The van der Waals surface area contributed by atoms with E-state index < -0.39 is 20.0 Å². The largest absolute Gasteiger partial charge is 0.315 e. The average molecular weight is 424 g/mol. The Morgan fingerprint density at radius 3 is 2.42 bits per heavy atom. The summed E-state index contributed by atoms with van der Waals surface area (Å²) in [6.45, 7) is 4.04. The summed E-state index contributed by atoms with van der Waals surface area (Å²) in [6, 6.07) is 4.17. The van der Waals surface area contributed by atoms with Crippen LogP contribution < -0.4 is 10.0 Å². The molecule has 1 aromatic carbocycles. The van der Waals surface area contributed by atoms with E-state index >= 15 is 0 Å². The van der Waals surface area contributed by atoms with Crippen LogP contribution in [0.15, 0.2) is 28.0 Å². The summed E-state index contributed by atoms with van der Waals surface area (Å²) in [4.78, 5) is 0.0856. The summed E-state index contributed by atoms with van der Waals surface area (Å²) < 4.78 is 55.2. The summed E-state index contributed by atoms with van der Waals surface area (Å²) in [5.74, 6) is 0. The van der Waals surface area contributed by atoms with Gasteiger partial charge in [0.15, 0.2) is 0 Å². The second-order valence-corrected chi connectivity index (χ2v) is 10.3. The van der Waals surface area contributed by atoms with Gasteiger partial charge in [-0.05, 0) is 50.4 Å². The van der Waals surface area contributed by atoms with Crippen molar-refractivity contribution < 1.29 is 16.8 Å². The highest BCUT2D eigenvalue weighted by Gasteiger charge is 2.30. The second kappa shape index (κ2) is 8.53. The molecule has 26 heavy (non-hydrogen) atoms. The molecule has 2 fully saturated rings. The molecule has 0 amide bonds. The normalized spacial score (nSPS) is 22.1. The Morgan fingerprint density at radius 2 is 1.81 bits per heavy atom. The Hall–Kier alpha value is -0.710. The number of aryl methyl sites for hydroxylation is 1. The quantitative estimate of drug-likeness (QED) is 0.742. The van der Waals surface area contributed by atoms with E-state index in [1.165, 1.54) is 16.4 Å². The third-order valence-electron chi connectivity index (χ3n) is 4.78. The summed E-state index contributed by atoms with van der Waals surface area (Å²) in [5, 5.41) is 3.10. The van der Waals surface area contributed by atoms with Gasteiger partial charge < -0.3 is 5.32 Å². The zero-order valence-electron chi connectivity index (χ0n) is 14.8. The van der Waals surface area contributed by atoms with E-state index in [1.54, 1.807) is 13.0 Å². The Labute approximate surface area is 162 Å². The number of hydrogen-bond acceptors (Lipinski definition) is 5. The highest BCUT2D eigenvalue weighted by atomic mass is 35.5. The van der Waals surface area contributed by atoms with Gasteiger partial charge in [-0.1, -0.05) is 12.5 Å². The zero-order valence-corrected chi connectivity index (χ0v) is 17.2. The number of nitrogens with one attached hydrogen (secondary N) is 2. The van der Waals surface area contributed by atoms with Gasteiger partial charge in [0.2, 0.25) is 20.0 Å². The molecule has 2 saturated heterocycles. The number of sulfonamides is 2. The van der Waals surface area contributed by atoms with Crippen molar-refractivity contribution in [3.05, 3.63) is 23.8 Å². The molecule has 0 aliphatic carbocycles. The van der Waals surface area contributed by atoms with Gasteiger partial charge in [-0.2, -0.15) is 4.31 Å². The van der Waals surface area contributed by atoms with Crippen LogP contribution in [0.25, 0.3) is 0 Å². The minimum absolute atomic E-state index is 0. The topological polar surface area (TPSA) is 95.6 Å². The van der Waals surface area contributed by atoms with Crippen LogP contribution in [0, 0.1) is 6.92 Å². The third kappa shape index (κ3) is 4.58. The Kier molecular flexibility index (Phi) is 7.09. The Morgan fingerprint density at radius 1 is 1.12 bits per heavy atom. The molecule has 1 aromatic rings. The van der Waals surface area contributed by atoms with Crippen molar-refractivity contribution >= 4 is 32.5 Å². The molecule has 0 aromatic heterocycles. The lowest BCUT2D eigenvalue weighted by Gasteiger charge is -2.26. The van der Waals surface area contributed by atoms with Crippen LogP contribution in [-0.4, -0.2) is 53.4 Å². The lowest BCUT2D eigenvalue weighted by Crippen LogP contribution is -2.37. The molecule has 0 radical (unpaired) electrons. The maximum absolute atomic E-state index is 12.9. The van der Waals surface area contributed by atoms with Crippen molar-refractivity contribution in [3.8, 4) is 0 Å². The van der Waals surface area contributed by atoms with Crippen molar-refractivity contribution in [1.29, 1.82) is 0 Å². The number of benzene rings is 1. The molecular weight excluding hydrogens is 398 g/mol. The molecule has 0 spiro atoms. The molecule has 1 atom stereocenters. The molecule has 2 aliphatic heterocycles. The van der Waals surface area contributed by atoms with E-state index in [0.717, 1.165) is 32.2 Å². The monoisotopic (exact) mass is 423 g/mol. The molecule has 0 bridgehead atoms. The van der Waals surface area contributed by atoms with Crippen LogP contribution in [0.4, 0.5) is 0 Å². The average Bonchev–Trinajstić information content (AvgIpc) is 3.08. The van der Waals surface area contributed by atoms with Gasteiger partial charge in [-0.25, -0.2) is 21.6 Å². The summed E-state index contributed by atoms with van der Waals surface area (Å²) in [6.07, 6.45) is 3.43. The lowest BCUT2D eigenvalue weighted by molar-refractivity contribution is 0.346. The number of piperidine rings is 1. The maximum Gasteiger partial charge on any atom is 0.243 e. The zero-order chi connectivity index (χ0) is 18.1. The molecule has 7 nitrogen and oxygen atoms in total. The Balaban J connectivity index is 0.00000243. The summed E-state index contributed by atoms with van der Waals surface area (Å²) >= 11 is 0. The molecule has 0 saturated carbocycles. The predicted molar refractivity (Wildman–Crippen MR) is 103 cm³/mol. The molecule has 10 heteroatoms. The van der Waals surface area contributed by atoms with Gasteiger partial charge in [-0.15, -0.1) is 12.4 Å². The van der Waals surface area contributed by atoms with E-state index in [0.29, 0.717) is 25.2 Å². The number of halogens is 1. The second-order valence-electron chi connectivity index (χ2n) is 6.70.